The number of carbonyl (C=O) groups is 1. The Morgan fingerprint density at radius 3 is 2.30 bits per heavy atom. The first-order chi connectivity index (χ1) is 13.1. The van der Waals surface area contributed by atoms with Gasteiger partial charge < -0.3 is 4.74 Å². The second kappa shape index (κ2) is 11.4. The fraction of sp³-hybridized carbons (Fsp3) is 0.696. The number of benzene rings is 1. The molecule has 0 unspecified atom stereocenters. The van der Waals surface area contributed by atoms with E-state index in [-0.39, 0.29) is 11.7 Å². The molecule has 0 aliphatic heterocycles. The molecule has 0 heterocycles. The summed E-state index contributed by atoms with van der Waals surface area (Å²) in [5.74, 6) is -1.99. The normalized spacial score (nSPS) is 19.9. The summed E-state index contributed by atoms with van der Waals surface area (Å²) >= 11 is 0. The van der Waals surface area contributed by atoms with Gasteiger partial charge in [-0.3, -0.25) is 0 Å². The molecular weight excluding hydrogens is 346 g/mol. The molecule has 1 aromatic carbocycles. The molecule has 1 aliphatic carbocycles. The molecule has 0 N–H and O–H groups in total. The van der Waals surface area contributed by atoms with Crippen LogP contribution in [0.25, 0.3) is 0 Å². The summed E-state index contributed by atoms with van der Waals surface area (Å²) in [6, 6.07) is 2.90. The molecule has 1 saturated carbocycles. The Morgan fingerprint density at radius 1 is 0.963 bits per heavy atom. The molecule has 1 fully saturated rings. The van der Waals surface area contributed by atoms with Crippen LogP contribution >= 0.6 is 0 Å². The zero-order chi connectivity index (χ0) is 19.6. The fourth-order valence-corrected chi connectivity index (χ4v) is 3.94. The number of unbranched alkanes of at least 4 members (excludes halogenated alkanes) is 4. The summed E-state index contributed by atoms with van der Waals surface area (Å²) in [5, 5.41) is 0. The zero-order valence-corrected chi connectivity index (χ0v) is 16.9. The summed E-state index contributed by atoms with van der Waals surface area (Å²) in [4.78, 5) is 12.3. The summed E-state index contributed by atoms with van der Waals surface area (Å²) in [7, 11) is 0. The molecule has 2 nitrogen and oxygen atoms in total. The molecule has 1 aromatic rings. The molecule has 0 radical (unpaired) electrons. The lowest BCUT2D eigenvalue weighted by molar-refractivity contribution is 0.0155. The van der Waals surface area contributed by atoms with E-state index in [1.54, 1.807) is 0 Å². The van der Waals surface area contributed by atoms with Gasteiger partial charge in [-0.2, -0.15) is 0 Å². The molecule has 0 amide bonds. The minimum Gasteiger partial charge on any atom is -0.459 e. The molecule has 4 heteroatoms. The number of hydrogen-bond acceptors (Lipinski definition) is 2. The number of carbonyl (C=O) groups excluding carboxylic acids is 1. The van der Waals surface area contributed by atoms with Gasteiger partial charge in [0.25, 0.3) is 0 Å². The number of aryl methyl sites for hydroxylation is 1. The number of esters is 1. The van der Waals surface area contributed by atoms with E-state index in [4.69, 9.17) is 4.74 Å². The summed E-state index contributed by atoms with van der Waals surface area (Å²) in [5.41, 5.74) is 0.0573. The number of hydrogen-bond donors (Lipinski definition) is 0. The molecule has 0 bridgehead atoms. The lowest BCUT2D eigenvalue weighted by Crippen LogP contribution is -2.25. The van der Waals surface area contributed by atoms with Crippen LogP contribution in [0, 0.1) is 17.6 Å². The molecule has 0 saturated heterocycles. The van der Waals surface area contributed by atoms with Crippen molar-refractivity contribution in [3.63, 3.8) is 0 Å². The Kier molecular flexibility index (Phi) is 9.23. The van der Waals surface area contributed by atoms with Crippen LogP contribution in [0.15, 0.2) is 12.1 Å². The van der Waals surface area contributed by atoms with E-state index in [1.807, 2.05) is 0 Å². The minimum atomic E-state index is -1.07. The van der Waals surface area contributed by atoms with Crippen LogP contribution in [0.1, 0.15) is 100 Å². The van der Waals surface area contributed by atoms with Crippen LogP contribution in [0.3, 0.4) is 0 Å². The van der Waals surface area contributed by atoms with Gasteiger partial charge in [-0.25, -0.2) is 13.6 Å². The Hall–Kier alpha value is -1.45. The zero-order valence-electron chi connectivity index (χ0n) is 16.9. The highest BCUT2D eigenvalue weighted by molar-refractivity contribution is 5.90. The Bertz CT molecular complexity index is 592. The van der Waals surface area contributed by atoms with Gasteiger partial charge in [-0.05, 0) is 56.1 Å². The van der Waals surface area contributed by atoms with Gasteiger partial charge in [0.15, 0.2) is 11.6 Å². The van der Waals surface area contributed by atoms with Gasteiger partial charge in [-0.15, -0.1) is 0 Å². The lowest BCUT2D eigenvalue weighted by Gasteiger charge is -2.28. The maximum absolute atomic E-state index is 14.3. The van der Waals surface area contributed by atoms with Crippen molar-refractivity contribution in [3.8, 4) is 0 Å². The average Bonchev–Trinajstić information content (AvgIpc) is 2.67. The second-order valence-corrected chi connectivity index (χ2v) is 7.90. The van der Waals surface area contributed by atoms with E-state index in [0.29, 0.717) is 17.9 Å². The average molecular weight is 381 g/mol. The van der Waals surface area contributed by atoms with Gasteiger partial charge in [-0.1, -0.05) is 58.4 Å². The first-order valence-corrected chi connectivity index (χ1v) is 10.7. The predicted molar refractivity (Wildman–Crippen MR) is 105 cm³/mol. The van der Waals surface area contributed by atoms with E-state index < -0.39 is 17.6 Å². The quantitative estimate of drug-likeness (QED) is 0.323. The Labute approximate surface area is 162 Å². The van der Waals surface area contributed by atoms with Crippen molar-refractivity contribution >= 4 is 5.97 Å². The molecule has 0 spiro atoms. The fourth-order valence-electron chi connectivity index (χ4n) is 3.94. The third-order valence-electron chi connectivity index (χ3n) is 5.72. The molecule has 152 valence electrons. The molecule has 1 aliphatic rings. The smallest absolute Gasteiger partial charge is 0.341 e. The summed E-state index contributed by atoms with van der Waals surface area (Å²) in [6.45, 7) is 4.27. The van der Waals surface area contributed by atoms with E-state index >= 15 is 0 Å². The number of rotatable bonds is 10. The maximum Gasteiger partial charge on any atom is 0.341 e. The van der Waals surface area contributed by atoms with Crippen LogP contribution in [0.4, 0.5) is 8.78 Å². The van der Waals surface area contributed by atoms with Crippen LogP contribution in [0.5, 0.6) is 0 Å². The Balaban J connectivity index is 1.86. The van der Waals surface area contributed by atoms with Gasteiger partial charge in [0.1, 0.15) is 6.10 Å². The van der Waals surface area contributed by atoms with Crippen molar-refractivity contribution in [3.05, 3.63) is 34.9 Å². The monoisotopic (exact) mass is 380 g/mol. The molecule has 2 rings (SSSR count). The standard InChI is InChI=1S/C23H34F2O2/c1-3-5-7-9-17-11-14-19(15-12-17)27-23(26)20-16-13-18(10-8-6-4-2)21(24)22(20)25/h13,16-17,19H,3-12,14-15H2,1-2H3/t17-,19-. The molecule has 0 atom stereocenters. The summed E-state index contributed by atoms with van der Waals surface area (Å²) in [6.07, 6.45) is 11.9. The van der Waals surface area contributed by atoms with Gasteiger partial charge in [0.05, 0.1) is 5.56 Å². The first-order valence-electron chi connectivity index (χ1n) is 10.7. The largest absolute Gasteiger partial charge is 0.459 e. The minimum absolute atomic E-state index is 0.174. The van der Waals surface area contributed by atoms with Crippen molar-refractivity contribution in [2.24, 2.45) is 5.92 Å². The van der Waals surface area contributed by atoms with Gasteiger partial charge in [0, 0.05) is 0 Å². The topological polar surface area (TPSA) is 26.3 Å². The third-order valence-corrected chi connectivity index (χ3v) is 5.72. The maximum atomic E-state index is 14.3. The predicted octanol–water partition coefficient (Wildman–Crippen LogP) is 6.99. The number of ether oxygens (including phenoxy) is 1. The van der Waals surface area contributed by atoms with Crippen molar-refractivity contribution < 1.29 is 18.3 Å². The van der Waals surface area contributed by atoms with E-state index in [0.717, 1.165) is 44.9 Å². The molecule has 0 aromatic heterocycles. The highest BCUT2D eigenvalue weighted by Crippen LogP contribution is 2.31. The van der Waals surface area contributed by atoms with Crippen molar-refractivity contribution in [2.75, 3.05) is 0 Å². The lowest BCUT2D eigenvalue weighted by atomic mass is 9.84. The van der Waals surface area contributed by atoms with Crippen molar-refractivity contribution in [1.82, 2.24) is 0 Å². The highest BCUT2D eigenvalue weighted by Gasteiger charge is 2.26. The highest BCUT2D eigenvalue weighted by atomic mass is 19.2. The number of halogens is 2. The van der Waals surface area contributed by atoms with Crippen molar-refractivity contribution in [2.45, 2.75) is 97.0 Å². The van der Waals surface area contributed by atoms with E-state index in [9.17, 15) is 13.6 Å². The van der Waals surface area contributed by atoms with Crippen LogP contribution < -0.4 is 0 Å². The van der Waals surface area contributed by atoms with E-state index in [2.05, 4.69) is 13.8 Å². The molecule has 27 heavy (non-hydrogen) atoms. The third kappa shape index (κ3) is 6.58. The summed E-state index contributed by atoms with van der Waals surface area (Å²) < 4.78 is 34.1. The van der Waals surface area contributed by atoms with E-state index in [1.165, 1.54) is 37.8 Å². The van der Waals surface area contributed by atoms with Gasteiger partial charge >= 0.3 is 5.97 Å². The van der Waals surface area contributed by atoms with Crippen LogP contribution in [-0.4, -0.2) is 12.1 Å². The SMILES string of the molecule is CCCCCc1ccc(C(=O)O[C@H]2CC[C@H](CCCCC)CC2)c(F)c1F. The van der Waals surface area contributed by atoms with Crippen LogP contribution in [-0.2, 0) is 11.2 Å². The first kappa shape index (κ1) is 21.8. The van der Waals surface area contributed by atoms with Crippen LogP contribution in [0.2, 0.25) is 0 Å². The second-order valence-electron chi connectivity index (χ2n) is 7.90. The van der Waals surface area contributed by atoms with Crippen molar-refractivity contribution in [1.29, 1.82) is 0 Å². The molecular formula is C23H34F2O2. The van der Waals surface area contributed by atoms with Gasteiger partial charge in [0.2, 0.25) is 0 Å². The Morgan fingerprint density at radius 2 is 1.63 bits per heavy atom.